The first-order valence-corrected chi connectivity index (χ1v) is 11.8. The van der Waals surface area contributed by atoms with Gasteiger partial charge in [0.1, 0.15) is 0 Å². The number of hydrogen-bond donors (Lipinski definition) is 2. The van der Waals surface area contributed by atoms with Crippen LogP contribution in [0.5, 0.6) is 0 Å². The van der Waals surface area contributed by atoms with E-state index in [0.29, 0.717) is 5.41 Å². The van der Waals surface area contributed by atoms with Gasteiger partial charge in [0.25, 0.3) is 0 Å². The highest BCUT2D eigenvalue weighted by atomic mass is 16.3. The van der Waals surface area contributed by atoms with Gasteiger partial charge in [0.2, 0.25) is 0 Å². The molecule has 3 fully saturated rings. The standard InChI is InChI=1S/C25H42O2/c1-16(11-13-24(2,3)27)22-9-10-23-21-7-5-17-15-18(26)6-8-19(17)20(21)12-14-25(22,23)4/h5,16,18-23,26-27H,6-15H2,1-4H3/t16-,18?,19?,20?,21?,22?,23?,25?/m1/s1. The van der Waals surface area contributed by atoms with Gasteiger partial charge in [-0.1, -0.05) is 25.5 Å². The molecular formula is C25H42O2. The molecule has 4 rings (SSSR count). The highest BCUT2D eigenvalue weighted by Gasteiger charge is 2.56. The van der Waals surface area contributed by atoms with E-state index < -0.39 is 5.60 Å². The lowest BCUT2D eigenvalue weighted by molar-refractivity contribution is -0.0319. The zero-order valence-electron chi connectivity index (χ0n) is 18.1. The molecule has 0 saturated heterocycles. The summed E-state index contributed by atoms with van der Waals surface area (Å²) in [7, 11) is 0. The van der Waals surface area contributed by atoms with Crippen molar-refractivity contribution >= 4 is 0 Å². The van der Waals surface area contributed by atoms with E-state index in [1.807, 2.05) is 13.8 Å². The van der Waals surface area contributed by atoms with Crippen LogP contribution in [0.15, 0.2) is 11.6 Å². The largest absolute Gasteiger partial charge is 0.393 e. The van der Waals surface area contributed by atoms with Gasteiger partial charge in [0, 0.05) is 0 Å². The van der Waals surface area contributed by atoms with E-state index in [4.69, 9.17) is 0 Å². The molecule has 4 aliphatic carbocycles. The van der Waals surface area contributed by atoms with Crippen LogP contribution in [0.25, 0.3) is 0 Å². The smallest absolute Gasteiger partial charge is 0.0591 e. The molecule has 2 nitrogen and oxygen atoms in total. The first-order valence-electron chi connectivity index (χ1n) is 11.8. The van der Waals surface area contributed by atoms with Crippen LogP contribution in [-0.4, -0.2) is 21.9 Å². The van der Waals surface area contributed by atoms with Crippen LogP contribution >= 0.6 is 0 Å². The molecule has 0 aromatic rings. The quantitative estimate of drug-likeness (QED) is 0.618. The van der Waals surface area contributed by atoms with Crippen molar-refractivity contribution < 1.29 is 10.2 Å². The molecule has 0 aromatic heterocycles. The molecule has 154 valence electrons. The van der Waals surface area contributed by atoms with Gasteiger partial charge in [-0.25, -0.2) is 0 Å². The Balaban J connectivity index is 1.48. The fourth-order valence-corrected chi connectivity index (χ4v) is 8.01. The molecular weight excluding hydrogens is 332 g/mol. The molecule has 0 bridgehead atoms. The molecule has 2 heteroatoms. The van der Waals surface area contributed by atoms with E-state index in [0.717, 1.165) is 61.2 Å². The first kappa shape index (κ1) is 20.0. The van der Waals surface area contributed by atoms with Crippen LogP contribution in [0.1, 0.15) is 91.9 Å². The van der Waals surface area contributed by atoms with Gasteiger partial charge in [-0.15, -0.1) is 0 Å². The first-order chi connectivity index (χ1) is 12.7. The van der Waals surface area contributed by atoms with Gasteiger partial charge in [0.05, 0.1) is 11.7 Å². The second-order valence-corrected chi connectivity index (χ2v) is 11.5. The Morgan fingerprint density at radius 2 is 1.93 bits per heavy atom. The van der Waals surface area contributed by atoms with Crippen LogP contribution in [0.4, 0.5) is 0 Å². The maximum atomic E-state index is 10.2. The lowest BCUT2D eigenvalue weighted by atomic mass is 9.51. The van der Waals surface area contributed by atoms with Crippen molar-refractivity contribution in [1.29, 1.82) is 0 Å². The number of aliphatic hydroxyl groups excluding tert-OH is 1. The molecule has 27 heavy (non-hydrogen) atoms. The van der Waals surface area contributed by atoms with E-state index in [1.54, 1.807) is 5.57 Å². The normalized spacial score (nSPS) is 45.5. The van der Waals surface area contributed by atoms with Crippen molar-refractivity contribution in [3.05, 3.63) is 11.6 Å². The number of fused-ring (bicyclic) bond motifs is 5. The maximum absolute atomic E-state index is 10.2. The molecule has 4 aliphatic rings. The van der Waals surface area contributed by atoms with Crippen molar-refractivity contribution in [2.75, 3.05) is 0 Å². The van der Waals surface area contributed by atoms with Crippen LogP contribution in [0.2, 0.25) is 0 Å². The highest BCUT2D eigenvalue weighted by molar-refractivity contribution is 5.20. The summed E-state index contributed by atoms with van der Waals surface area (Å²) in [4.78, 5) is 0. The van der Waals surface area contributed by atoms with E-state index in [2.05, 4.69) is 19.9 Å². The summed E-state index contributed by atoms with van der Waals surface area (Å²) >= 11 is 0. The zero-order chi connectivity index (χ0) is 19.4. The van der Waals surface area contributed by atoms with E-state index in [1.165, 1.54) is 38.5 Å². The molecule has 0 heterocycles. The topological polar surface area (TPSA) is 40.5 Å². The molecule has 7 unspecified atom stereocenters. The SMILES string of the molecule is C[C@H](CCC(C)(C)O)C1CCC2C3CC=C4CC(O)CCC4C3CCC21C. The predicted molar refractivity (Wildman–Crippen MR) is 111 cm³/mol. The Bertz CT molecular complexity index is 573. The lowest BCUT2D eigenvalue weighted by Crippen LogP contribution is -2.47. The minimum absolute atomic E-state index is 0.0783. The Hall–Kier alpha value is -0.340. The third-order valence-electron chi connectivity index (χ3n) is 9.39. The summed E-state index contributed by atoms with van der Waals surface area (Å²) in [5, 5.41) is 20.2. The minimum atomic E-state index is -0.527. The van der Waals surface area contributed by atoms with Crippen molar-refractivity contribution in [3.8, 4) is 0 Å². The van der Waals surface area contributed by atoms with Gasteiger partial charge in [-0.05, 0) is 119 Å². The fourth-order valence-electron chi connectivity index (χ4n) is 8.01. The molecule has 0 amide bonds. The Morgan fingerprint density at radius 3 is 2.67 bits per heavy atom. The number of allylic oxidation sites excluding steroid dienone is 1. The number of hydrogen-bond acceptors (Lipinski definition) is 2. The van der Waals surface area contributed by atoms with Crippen LogP contribution in [0.3, 0.4) is 0 Å². The number of rotatable bonds is 4. The molecule has 0 aliphatic heterocycles. The molecule has 2 N–H and O–H groups in total. The monoisotopic (exact) mass is 374 g/mol. The summed E-state index contributed by atoms with van der Waals surface area (Å²) in [5.41, 5.74) is 1.59. The van der Waals surface area contributed by atoms with Crippen LogP contribution < -0.4 is 0 Å². The van der Waals surface area contributed by atoms with Gasteiger partial charge >= 0.3 is 0 Å². The van der Waals surface area contributed by atoms with Crippen LogP contribution in [-0.2, 0) is 0 Å². The Labute approximate surface area is 166 Å². The summed E-state index contributed by atoms with van der Waals surface area (Å²) in [6.07, 6.45) is 14.7. The fraction of sp³-hybridized carbons (Fsp3) is 0.920. The Kier molecular flexibility index (Phi) is 5.30. The van der Waals surface area contributed by atoms with Crippen molar-refractivity contribution in [2.24, 2.45) is 40.9 Å². The lowest BCUT2D eigenvalue weighted by Gasteiger charge is -2.54. The maximum Gasteiger partial charge on any atom is 0.0591 e. The predicted octanol–water partition coefficient (Wildman–Crippen LogP) is 5.72. The summed E-state index contributed by atoms with van der Waals surface area (Å²) < 4.78 is 0. The summed E-state index contributed by atoms with van der Waals surface area (Å²) in [6, 6.07) is 0. The van der Waals surface area contributed by atoms with Gasteiger partial charge in [0.15, 0.2) is 0 Å². The second kappa shape index (κ2) is 7.17. The van der Waals surface area contributed by atoms with Gasteiger partial charge in [-0.2, -0.15) is 0 Å². The Morgan fingerprint density at radius 1 is 1.15 bits per heavy atom. The van der Waals surface area contributed by atoms with Crippen molar-refractivity contribution in [3.63, 3.8) is 0 Å². The van der Waals surface area contributed by atoms with Crippen molar-refractivity contribution in [1.82, 2.24) is 0 Å². The van der Waals surface area contributed by atoms with Gasteiger partial charge < -0.3 is 10.2 Å². The third kappa shape index (κ3) is 3.66. The van der Waals surface area contributed by atoms with E-state index in [9.17, 15) is 10.2 Å². The minimum Gasteiger partial charge on any atom is -0.393 e. The highest BCUT2D eigenvalue weighted by Crippen LogP contribution is 2.64. The van der Waals surface area contributed by atoms with Gasteiger partial charge in [-0.3, -0.25) is 0 Å². The molecule has 8 atom stereocenters. The summed E-state index contributed by atoms with van der Waals surface area (Å²) in [6.45, 7) is 8.99. The zero-order valence-corrected chi connectivity index (χ0v) is 18.1. The second-order valence-electron chi connectivity index (χ2n) is 11.5. The molecule has 0 spiro atoms. The van der Waals surface area contributed by atoms with Crippen LogP contribution in [0, 0.1) is 40.9 Å². The molecule has 3 saturated carbocycles. The number of aliphatic hydroxyl groups is 2. The summed E-state index contributed by atoms with van der Waals surface area (Å²) in [5.74, 6) is 5.02. The third-order valence-corrected chi connectivity index (χ3v) is 9.39. The average molecular weight is 375 g/mol. The molecule has 0 radical (unpaired) electrons. The average Bonchev–Trinajstić information content (AvgIpc) is 2.96. The molecule has 0 aromatic carbocycles. The van der Waals surface area contributed by atoms with E-state index >= 15 is 0 Å². The van der Waals surface area contributed by atoms with Crippen molar-refractivity contribution in [2.45, 2.75) is 104 Å². The van der Waals surface area contributed by atoms with E-state index in [-0.39, 0.29) is 6.10 Å².